The molecule has 2 unspecified atom stereocenters. The van der Waals surface area contributed by atoms with Gasteiger partial charge in [0.05, 0.1) is 6.04 Å². The van der Waals surface area contributed by atoms with Gasteiger partial charge in [-0.15, -0.1) is 0 Å². The molecule has 0 radical (unpaired) electrons. The van der Waals surface area contributed by atoms with Gasteiger partial charge < -0.3 is 20.9 Å². The third kappa shape index (κ3) is 7.40. The summed E-state index contributed by atoms with van der Waals surface area (Å²) in [6.07, 6.45) is 2.40. The Morgan fingerprint density at radius 1 is 0.902 bits per heavy atom. The first-order chi connectivity index (χ1) is 20.1. The fourth-order valence-corrected chi connectivity index (χ4v) is 5.76. The van der Waals surface area contributed by atoms with Crippen LogP contribution in [-0.2, 0) is 4.79 Å². The Morgan fingerprint density at radius 3 is 2.24 bits per heavy atom. The summed E-state index contributed by atoms with van der Waals surface area (Å²) in [5, 5.41) is 12.1. The SMILES string of the molecule is CNCCCC1NC(CNC(=O)c2ccc3ccccc3c2)CCN(CC(c2ccccc2)c2ccccc2)C1=O. The normalized spacial score (nSPS) is 17.5. The number of carbonyl (C=O) groups excluding carboxylic acids is 2. The monoisotopic (exact) mass is 548 g/mol. The second-order valence-electron chi connectivity index (χ2n) is 10.9. The molecule has 2 atom stereocenters. The van der Waals surface area contributed by atoms with Crippen LogP contribution in [0.25, 0.3) is 10.8 Å². The predicted molar refractivity (Wildman–Crippen MR) is 166 cm³/mol. The maximum atomic E-state index is 13.9. The number of amides is 2. The standard InChI is InChI=1S/C35H40N4O2/c1-36-21-10-17-33-35(41)39(25-32(27-12-4-2-5-13-27)28-14-6-3-7-15-28)22-20-31(38-33)24-37-34(40)30-19-18-26-11-8-9-16-29(26)23-30/h2-9,11-16,18-19,23,31-33,36,38H,10,17,20-22,24-25H2,1H3,(H,37,40). The Kier molecular flexibility index (Phi) is 9.78. The van der Waals surface area contributed by atoms with E-state index in [9.17, 15) is 9.59 Å². The zero-order valence-electron chi connectivity index (χ0n) is 23.8. The van der Waals surface area contributed by atoms with Gasteiger partial charge in [0, 0.05) is 37.2 Å². The van der Waals surface area contributed by atoms with E-state index in [0.717, 1.165) is 36.6 Å². The van der Waals surface area contributed by atoms with Crippen LogP contribution in [0.3, 0.4) is 0 Å². The molecule has 212 valence electrons. The van der Waals surface area contributed by atoms with Crippen molar-refractivity contribution in [2.75, 3.05) is 33.2 Å². The summed E-state index contributed by atoms with van der Waals surface area (Å²) in [7, 11) is 1.93. The van der Waals surface area contributed by atoms with Crippen molar-refractivity contribution in [3.8, 4) is 0 Å². The quantitative estimate of drug-likeness (QED) is 0.232. The maximum absolute atomic E-state index is 13.9. The number of nitrogens with zero attached hydrogens (tertiary/aromatic N) is 1. The van der Waals surface area contributed by atoms with Crippen molar-refractivity contribution in [3.05, 3.63) is 120 Å². The van der Waals surface area contributed by atoms with Crippen LogP contribution in [0, 0.1) is 0 Å². The van der Waals surface area contributed by atoms with Gasteiger partial charge in [0.1, 0.15) is 0 Å². The Labute approximate surface area is 243 Å². The molecular formula is C35H40N4O2. The van der Waals surface area contributed by atoms with Crippen LogP contribution in [0.15, 0.2) is 103 Å². The number of carbonyl (C=O) groups is 2. The number of nitrogens with one attached hydrogen (secondary N) is 3. The summed E-state index contributed by atoms with van der Waals surface area (Å²) < 4.78 is 0. The molecule has 1 saturated heterocycles. The highest BCUT2D eigenvalue weighted by Gasteiger charge is 2.32. The van der Waals surface area contributed by atoms with Crippen molar-refractivity contribution in [2.24, 2.45) is 0 Å². The van der Waals surface area contributed by atoms with Crippen molar-refractivity contribution in [1.82, 2.24) is 20.9 Å². The average molecular weight is 549 g/mol. The molecule has 0 aliphatic carbocycles. The fraction of sp³-hybridized carbons (Fsp3) is 0.314. The molecule has 6 heteroatoms. The van der Waals surface area contributed by atoms with Crippen molar-refractivity contribution in [2.45, 2.75) is 37.3 Å². The highest BCUT2D eigenvalue weighted by atomic mass is 16.2. The van der Waals surface area contributed by atoms with E-state index < -0.39 is 0 Å². The van der Waals surface area contributed by atoms with Crippen LogP contribution in [0.1, 0.15) is 46.7 Å². The molecule has 0 bridgehead atoms. The Balaban J connectivity index is 1.30. The predicted octanol–water partition coefficient (Wildman–Crippen LogP) is 4.96. The van der Waals surface area contributed by atoms with Crippen molar-refractivity contribution in [1.29, 1.82) is 0 Å². The van der Waals surface area contributed by atoms with Gasteiger partial charge in [-0.05, 0) is 66.9 Å². The first-order valence-electron chi connectivity index (χ1n) is 14.7. The molecule has 4 aromatic rings. The minimum atomic E-state index is -0.291. The third-order valence-corrected chi connectivity index (χ3v) is 8.04. The van der Waals surface area contributed by atoms with Gasteiger partial charge in [-0.2, -0.15) is 0 Å². The Bertz CT molecular complexity index is 1390. The van der Waals surface area contributed by atoms with E-state index in [1.165, 1.54) is 11.1 Å². The molecule has 1 fully saturated rings. The van der Waals surface area contributed by atoms with E-state index in [1.807, 2.05) is 66.5 Å². The van der Waals surface area contributed by atoms with Gasteiger partial charge >= 0.3 is 0 Å². The first-order valence-corrected chi connectivity index (χ1v) is 14.7. The fourth-order valence-electron chi connectivity index (χ4n) is 5.76. The maximum Gasteiger partial charge on any atom is 0.251 e. The van der Waals surface area contributed by atoms with E-state index in [0.29, 0.717) is 25.2 Å². The van der Waals surface area contributed by atoms with Crippen LogP contribution in [0.5, 0.6) is 0 Å². The van der Waals surface area contributed by atoms with E-state index in [1.54, 1.807) is 0 Å². The third-order valence-electron chi connectivity index (χ3n) is 8.04. The molecule has 0 saturated carbocycles. The molecule has 0 aromatic heterocycles. The Morgan fingerprint density at radius 2 is 1.56 bits per heavy atom. The minimum Gasteiger partial charge on any atom is -0.350 e. The minimum absolute atomic E-state index is 0.000146. The van der Waals surface area contributed by atoms with Crippen molar-refractivity contribution < 1.29 is 9.59 Å². The van der Waals surface area contributed by atoms with E-state index in [-0.39, 0.29) is 29.8 Å². The molecule has 4 aromatic carbocycles. The number of hydrogen-bond acceptors (Lipinski definition) is 4. The highest BCUT2D eigenvalue weighted by Crippen LogP contribution is 2.27. The zero-order chi connectivity index (χ0) is 28.4. The second-order valence-corrected chi connectivity index (χ2v) is 10.9. The smallest absolute Gasteiger partial charge is 0.251 e. The van der Waals surface area contributed by atoms with E-state index >= 15 is 0 Å². The molecule has 1 heterocycles. The molecule has 5 rings (SSSR count). The lowest BCUT2D eigenvalue weighted by atomic mass is 9.90. The molecule has 41 heavy (non-hydrogen) atoms. The van der Waals surface area contributed by atoms with E-state index in [2.05, 4.69) is 64.5 Å². The van der Waals surface area contributed by atoms with E-state index in [4.69, 9.17) is 0 Å². The molecular weight excluding hydrogens is 508 g/mol. The number of benzene rings is 4. The van der Waals surface area contributed by atoms with Gasteiger partial charge in [-0.3, -0.25) is 9.59 Å². The summed E-state index contributed by atoms with van der Waals surface area (Å²) in [6, 6.07) is 34.4. The number of fused-ring (bicyclic) bond motifs is 1. The summed E-state index contributed by atoms with van der Waals surface area (Å²) in [5.41, 5.74) is 3.05. The van der Waals surface area contributed by atoms with Crippen molar-refractivity contribution in [3.63, 3.8) is 0 Å². The molecule has 3 N–H and O–H groups in total. The average Bonchev–Trinajstić information content (AvgIpc) is 3.17. The molecule has 0 spiro atoms. The summed E-state index contributed by atoms with van der Waals surface area (Å²) in [5.74, 6) is 0.134. The lowest BCUT2D eigenvalue weighted by Crippen LogP contribution is -2.49. The van der Waals surface area contributed by atoms with Gasteiger partial charge in [-0.25, -0.2) is 0 Å². The summed E-state index contributed by atoms with van der Waals surface area (Å²) in [4.78, 5) is 29.0. The van der Waals surface area contributed by atoms with Crippen molar-refractivity contribution >= 4 is 22.6 Å². The topological polar surface area (TPSA) is 73.5 Å². The van der Waals surface area contributed by atoms with Gasteiger partial charge in [0.25, 0.3) is 5.91 Å². The van der Waals surface area contributed by atoms with Crippen LogP contribution in [0.4, 0.5) is 0 Å². The lowest BCUT2D eigenvalue weighted by Gasteiger charge is -2.29. The van der Waals surface area contributed by atoms with Crippen LogP contribution < -0.4 is 16.0 Å². The highest BCUT2D eigenvalue weighted by molar-refractivity contribution is 5.98. The second kappa shape index (κ2) is 14.1. The van der Waals surface area contributed by atoms with Gasteiger partial charge in [0.15, 0.2) is 0 Å². The Hall–Kier alpha value is -4.00. The van der Waals surface area contributed by atoms with Gasteiger partial charge in [0.2, 0.25) is 5.91 Å². The molecule has 2 amide bonds. The molecule has 1 aliphatic rings. The molecule has 6 nitrogen and oxygen atoms in total. The summed E-state index contributed by atoms with van der Waals surface area (Å²) >= 11 is 0. The zero-order valence-corrected chi connectivity index (χ0v) is 23.8. The number of rotatable bonds is 11. The van der Waals surface area contributed by atoms with Crippen LogP contribution >= 0.6 is 0 Å². The lowest BCUT2D eigenvalue weighted by molar-refractivity contribution is -0.133. The number of hydrogen-bond donors (Lipinski definition) is 3. The van der Waals surface area contributed by atoms with Gasteiger partial charge in [-0.1, -0.05) is 91.0 Å². The largest absolute Gasteiger partial charge is 0.350 e. The molecule has 1 aliphatic heterocycles. The van der Waals surface area contributed by atoms with Crippen LogP contribution in [-0.4, -0.2) is 62.0 Å². The summed E-state index contributed by atoms with van der Waals surface area (Å²) in [6.45, 7) is 2.58. The first kappa shape index (κ1) is 28.5. The van der Waals surface area contributed by atoms with Crippen LogP contribution in [0.2, 0.25) is 0 Å².